The van der Waals surface area contributed by atoms with Crippen LogP contribution in [0.3, 0.4) is 0 Å². The second-order valence-corrected chi connectivity index (χ2v) is 10.1. The van der Waals surface area contributed by atoms with Crippen molar-refractivity contribution < 1.29 is 14.3 Å². The van der Waals surface area contributed by atoms with E-state index in [4.69, 9.17) is 10.5 Å². The van der Waals surface area contributed by atoms with E-state index in [1.54, 1.807) is 30.2 Å². The largest absolute Gasteiger partial charge is 0.497 e. The molecule has 1 aromatic carbocycles. The van der Waals surface area contributed by atoms with E-state index in [2.05, 4.69) is 36.2 Å². The first kappa shape index (κ1) is 22.7. The summed E-state index contributed by atoms with van der Waals surface area (Å²) in [5.41, 5.74) is 8.59. The molecule has 3 atom stereocenters. The summed E-state index contributed by atoms with van der Waals surface area (Å²) in [5.74, 6) is 1.46. The predicted molar refractivity (Wildman–Crippen MR) is 138 cm³/mol. The van der Waals surface area contributed by atoms with Crippen LogP contribution in [-0.4, -0.2) is 55.4 Å². The molecule has 0 radical (unpaired) electrons. The van der Waals surface area contributed by atoms with E-state index in [0.717, 1.165) is 22.9 Å². The van der Waals surface area contributed by atoms with E-state index in [1.165, 1.54) is 6.33 Å². The maximum atomic E-state index is 13.8. The summed E-state index contributed by atoms with van der Waals surface area (Å²) in [6.45, 7) is 1.99. The maximum absolute atomic E-state index is 13.8. The quantitative estimate of drug-likeness (QED) is 0.365. The number of halogens is 1. The molecular formula is C25H24BrN7O3. The molecule has 3 aromatic heterocycles. The number of aromatic nitrogens is 4. The third kappa shape index (κ3) is 3.65. The monoisotopic (exact) mass is 549 g/mol. The van der Waals surface area contributed by atoms with Gasteiger partial charge in [-0.3, -0.25) is 9.59 Å². The Kier molecular flexibility index (Phi) is 5.32. The van der Waals surface area contributed by atoms with Crippen LogP contribution in [0.15, 0.2) is 41.3 Å². The summed E-state index contributed by atoms with van der Waals surface area (Å²) >= 11 is 3.32. The molecule has 0 spiro atoms. The minimum Gasteiger partial charge on any atom is -0.497 e. The number of methoxy groups -OCH3 is 1. The van der Waals surface area contributed by atoms with Crippen LogP contribution < -0.4 is 15.8 Å². The van der Waals surface area contributed by atoms with E-state index in [1.807, 2.05) is 23.6 Å². The standard InChI is InChI=1S/C25H24BrN7O3/c1-12-6-14(36-2)9-15-21-23(27)28-11-29-24(21)32(22(12)15)10-20(34)33-16-7-13(16)8-17(33)25(35)31-19-5-3-4-18(26)30-19/h3-6,9,11,13,16-17H,7-8,10H2,1-2H3,(H2,27,28,29)(H,30,31,35)/t13-,16-,17+/m1/s1. The molecule has 10 nitrogen and oxygen atoms in total. The maximum Gasteiger partial charge on any atom is 0.248 e. The number of rotatable bonds is 5. The molecule has 0 bridgehead atoms. The summed E-state index contributed by atoms with van der Waals surface area (Å²) in [7, 11) is 1.61. The van der Waals surface area contributed by atoms with E-state index in [9.17, 15) is 9.59 Å². The molecule has 1 aliphatic heterocycles. The number of nitrogens with two attached hydrogens (primary N) is 1. The molecule has 3 N–H and O–H groups in total. The zero-order valence-electron chi connectivity index (χ0n) is 19.7. The van der Waals surface area contributed by atoms with Crippen LogP contribution in [-0.2, 0) is 16.1 Å². The molecule has 184 valence electrons. The number of amides is 2. The third-order valence-corrected chi connectivity index (χ3v) is 7.56. The molecular weight excluding hydrogens is 526 g/mol. The van der Waals surface area contributed by atoms with Crippen LogP contribution in [0.2, 0.25) is 0 Å². The van der Waals surface area contributed by atoms with Gasteiger partial charge in [-0.25, -0.2) is 15.0 Å². The van der Waals surface area contributed by atoms with Crippen molar-refractivity contribution >= 4 is 61.3 Å². The lowest BCUT2D eigenvalue weighted by atomic mass is 10.1. The van der Waals surface area contributed by atoms with E-state index in [0.29, 0.717) is 45.4 Å². The number of hydrogen-bond acceptors (Lipinski definition) is 7. The van der Waals surface area contributed by atoms with Gasteiger partial charge in [-0.1, -0.05) is 6.07 Å². The van der Waals surface area contributed by atoms with Gasteiger partial charge < -0.3 is 25.3 Å². The number of piperidine rings is 1. The Balaban J connectivity index is 1.35. The van der Waals surface area contributed by atoms with Crippen molar-refractivity contribution in [1.82, 2.24) is 24.4 Å². The fraction of sp³-hybridized carbons (Fsp3) is 0.320. The van der Waals surface area contributed by atoms with Crippen molar-refractivity contribution in [2.45, 2.75) is 38.4 Å². The number of pyridine rings is 1. The number of hydrogen-bond donors (Lipinski definition) is 2. The van der Waals surface area contributed by atoms with Gasteiger partial charge >= 0.3 is 0 Å². The molecule has 4 heterocycles. The second-order valence-electron chi connectivity index (χ2n) is 9.33. The molecule has 2 aliphatic rings. The highest BCUT2D eigenvalue weighted by Crippen LogP contribution is 2.48. The van der Waals surface area contributed by atoms with Crippen molar-refractivity contribution in [2.24, 2.45) is 5.92 Å². The molecule has 2 amide bonds. The molecule has 6 rings (SSSR count). The summed E-state index contributed by atoms with van der Waals surface area (Å²) in [6.07, 6.45) is 2.97. The number of aryl methyl sites for hydroxylation is 1. The summed E-state index contributed by atoms with van der Waals surface area (Å²) < 4.78 is 7.96. The summed E-state index contributed by atoms with van der Waals surface area (Å²) in [4.78, 5) is 41.6. The second kappa shape index (κ2) is 8.44. The number of ether oxygens (including phenoxy) is 1. The smallest absolute Gasteiger partial charge is 0.248 e. The van der Waals surface area contributed by atoms with Gasteiger partial charge in [-0.15, -0.1) is 0 Å². The Hall–Kier alpha value is -3.73. The van der Waals surface area contributed by atoms with Crippen molar-refractivity contribution in [2.75, 3.05) is 18.2 Å². The number of nitrogen functional groups attached to an aromatic ring is 1. The highest BCUT2D eigenvalue weighted by atomic mass is 79.9. The Morgan fingerprint density at radius 3 is 2.86 bits per heavy atom. The third-order valence-electron chi connectivity index (χ3n) is 7.12. The van der Waals surface area contributed by atoms with Crippen LogP contribution in [0.1, 0.15) is 18.4 Å². The lowest BCUT2D eigenvalue weighted by Crippen LogP contribution is -2.46. The first-order valence-corrected chi connectivity index (χ1v) is 12.5. The Morgan fingerprint density at radius 2 is 2.08 bits per heavy atom. The summed E-state index contributed by atoms with van der Waals surface area (Å²) in [5, 5.41) is 4.38. The van der Waals surface area contributed by atoms with Gasteiger partial charge in [0.2, 0.25) is 11.8 Å². The summed E-state index contributed by atoms with van der Waals surface area (Å²) in [6, 6.07) is 8.65. The highest BCUT2D eigenvalue weighted by Gasteiger charge is 2.56. The zero-order chi connectivity index (χ0) is 25.1. The van der Waals surface area contributed by atoms with Gasteiger partial charge in [0.05, 0.1) is 18.0 Å². The Morgan fingerprint density at radius 1 is 1.25 bits per heavy atom. The Bertz CT molecular complexity index is 1550. The van der Waals surface area contributed by atoms with Crippen molar-refractivity contribution in [3.05, 3.63) is 46.8 Å². The SMILES string of the molecule is COc1cc(C)c2c(c1)c1c(N)ncnc1n2CC(=O)N1[C@@H]2C[C@@H]2C[C@H]1C(=O)Nc1cccc(Br)n1. The normalized spacial score (nSPS) is 20.5. The molecule has 4 aromatic rings. The average molecular weight is 550 g/mol. The number of fused-ring (bicyclic) bond motifs is 4. The molecule has 1 aliphatic carbocycles. The van der Waals surface area contributed by atoms with Crippen LogP contribution >= 0.6 is 15.9 Å². The number of anilines is 2. The van der Waals surface area contributed by atoms with Gasteiger partial charge in [0.15, 0.2) is 0 Å². The topological polar surface area (TPSA) is 128 Å². The fourth-order valence-corrected chi connectivity index (χ4v) is 5.82. The number of carbonyl (C=O) groups excluding carboxylic acids is 2. The number of nitrogens with one attached hydrogen (secondary N) is 1. The predicted octanol–water partition coefficient (Wildman–Crippen LogP) is 3.27. The van der Waals surface area contributed by atoms with Crippen LogP contribution in [0.4, 0.5) is 11.6 Å². The van der Waals surface area contributed by atoms with Crippen molar-refractivity contribution in [1.29, 1.82) is 0 Å². The molecule has 11 heteroatoms. The number of likely N-dealkylation sites (tertiary alicyclic amines) is 1. The molecule has 1 saturated heterocycles. The van der Waals surface area contributed by atoms with Crippen LogP contribution in [0.25, 0.3) is 21.9 Å². The minimum atomic E-state index is -0.545. The highest BCUT2D eigenvalue weighted by molar-refractivity contribution is 9.10. The molecule has 1 saturated carbocycles. The number of carbonyl (C=O) groups is 2. The van der Waals surface area contributed by atoms with Crippen molar-refractivity contribution in [3.63, 3.8) is 0 Å². The van der Waals surface area contributed by atoms with Crippen LogP contribution in [0.5, 0.6) is 5.75 Å². The van der Waals surface area contributed by atoms with E-state index in [-0.39, 0.29) is 24.4 Å². The van der Waals surface area contributed by atoms with Crippen molar-refractivity contribution in [3.8, 4) is 5.75 Å². The molecule has 0 unspecified atom stereocenters. The fourth-order valence-electron chi connectivity index (χ4n) is 5.48. The first-order valence-electron chi connectivity index (χ1n) is 11.7. The van der Waals surface area contributed by atoms with Gasteiger partial charge in [-0.05, 0) is 71.4 Å². The lowest BCUT2D eigenvalue weighted by molar-refractivity contribution is -0.138. The van der Waals surface area contributed by atoms with Crippen LogP contribution in [0, 0.1) is 12.8 Å². The van der Waals surface area contributed by atoms with Gasteiger partial charge in [-0.2, -0.15) is 0 Å². The first-order chi connectivity index (χ1) is 17.4. The molecule has 36 heavy (non-hydrogen) atoms. The lowest BCUT2D eigenvalue weighted by Gasteiger charge is -2.27. The molecule has 2 fully saturated rings. The van der Waals surface area contributed by atoms with Gasteiger partial charge in [0, 0.05) is 11.4 Å². The van der Waals surface area contributed by atoms with E-state index >= 15 is 0 Å². The van der Waals surface area contributed by atoms with E-state index < -0.39 is 6.04 Å². The Labute approximate surface area is 215 Å². The zero-order valence-corrected chi connectivity index (χ0v) is 21.3. The number of nitrogens with zero attached hydrogens (tertiary/aromatic N) is 5. The number of benzene rings is 1. The minimum absolute atomic E-state index is 0.0335. The van der Waals surface area contributed by atoms with Gasteiger partial charge in [0.25, 0.3) is 0 Å². The average Bonchev–Trinajstić information content (AvgIpc) is 3.38. The van der Waals surface area contributed by atoms with Gasteiger partial charge in [0.1, 0.15) is 46.5 Å².